The van der Waals surface area contributed by atoms with Gasteiger partial charge in [-0.05, 0) is 94.1 Å². The Labute approximate surface area is 209 Å². The van der Waals surface area contributed by atoms with Crippen LogP contribution in [0.5, 0.6) is 5.75 Å². The first-order chi connectivity index (χ1) is 16.6. The summed E-state index contributed by atoms with van der Waals surface area (Å²) in [5.41, 5.74) is 2.46. The molecule has 0 bridgehead atoms. The van der Waals surface area contributed by atoms with Gasteiger partial charge in [0, 0.05) is 55.2 Å². The van der Waals surface area contributed by atoms with Crippen LogP contribution in [0, 0.1) is 0 Å². The maximum Gasteiger partial charge on any atom is 0.119 e. The number of nitrogens with zero attached hydrogens (tertiary/aromatic N) is 3. The number of ether oxygens (including phenoxy) is 2. The SMILES string of the molecule is C[C@@H]1CCCN1CCCOc1ccc(N2CCC3(CC2)CN(c2ccc(Cl)cc2)CCO3)cc1. The van der Waals surface area contributed by atoms with Crippen LogP contribution in [0.25, 0.3) is 0 Å². The van der Waals surface area contributed by atoms with E-state index in [4.69, 9.17) is 21.1 Å². The molecule has 34 heavy (non-hydrogen) atoms. The van der Waals surface area contributed by atoms with E-state index in [-0.39, 0.29) is 5.60 Å². The molecule has 3 saturated heterocycles. The summed E-state index contributed by atoms with van der Waals surface area (Å²) in [7, 11) is 0. The van der Waals surface area contributed by atoms with E-state index < -0.39 is 0 Å². The van der Waals surface area contributed by atoms with Gasteiger partial charge in [-0.2, -0.15) is 0 Å². The Hall–Kier alpha value is -1.95. The molecule has 1 atom stereocenters. The molecule has 3 heterocycles. The molecule has 0 N–H and O–H groups in total. The van der Waals surface area contributed by atoms with Crippen molar-refractivity contribution in [3.8, 4) is 5.75 Å². The van der Waals surface area contributed by atoms with Gasteiger partial charge in [0.05, 0.1) is 18.8 Å². The minimum atomic E-state index is -0.0513. The minimum absolute atomic E-state index is 0.0513. The molecule has 0 amide bonds. The van der Waals surface area contributed by atoms with Crippen LogP contribution in [0.2, 0.25) is 5.02 Å². The number of morpholine rings is 1. The molecule has 184 valence electrons. The van der Waals surface area contributed by atoms with Crippen LogP contribution in [0.3, 0.4) is 0 Å². The van der Waals surface area contributed by atoms with Crippen LogP contribution in [-0.4, -0.2) is 69.0 Å². The van der Waals surface area contributed by atoms with Crippen LogP contribution in [-0.2, 0) is 4.74 Å². The van der Waals surface area contributed by atoms with E-state index >= 15 is 0 Å². The van der Waals surface area contributed by atoms with Crippen LogP contribution in [0.4, 0.5) is 11.4 Å². The first kappa shape index (κ1) is 23.8. The van der Waals surface area contributed by atoms with Crippen molar-refractivity contribution in [1.29, 1.82) is 0 Å². The highest BCUT2D eigenvalue weighted by molar-refractivity contribution is 6.30. The number of hydrogen-bond acceptors (Lipinski definition) is 5. The molecular weight excluding hydrogens is 446 g/mol. The summed E-state index contributed by atoms with van der Waals surface area (Å²) in [6.45, 7) is 10.2. The topological polar surface area (TPSA) is 28.2 Å². The summed E-state index contributed by atoms with van der Waals surface area (Å²) in [6.07, 6.45) is 5.86. The molecule has 3 aliphatic rings. The second-order valence-electron chi connectivity index (χ2n) is 10.1. The van der Waals surface area contributed by atoms with Gasteiger partial charge in [0.2, 0.25) is 0 Å². The van der Waals surface area contributed by atoms with Crippen LogP contribution in [0.1, 0.15) is 39.0 Å². The number of hydrogen-bond donors (Lipinski definition) is 0. The Morgan fingerprint density at radius 1 is 0.941 bits per heavy atom. The molecule has 3 aliphatic heterocycles. The van der Waals surface area contributed by atoms with Gasteiger partial charge >= 0.3 is 0 Å². The predicted molar refractivity (Wildman–Crippen MR) is 141 cm³/mol. The van der Waals surface area contributed by atoms with Crippen LogP contribution >= 0.6 is 11.6 Å². The van der Waals surface area contributed by atoms with Crippen molar-refractivity contribution in [2.45, 2.75) is 50.7 Å². The van der Waals surface area contributed by atoms with E-state index in [1.807, 2.05) is 12.1 Å². The van der Waals surface area contributed by atoms with E-state index in [9.17, 15) is 0 Å². The molecule has 0 aliphatic carbocycles. The van der Waals surface area contributed by atoms with Crippen molar-refractivity contribution in [2.24, 2.45) is 0 Å². The maximum atomic E-state index is 6.37. The summed E-state index contributed by atoms with van der Waals surface area (Å²) in [6, 6.07) is 17.6. The standard InChI is InChI=1S/C28H38ClN3O2/c1-23-4-2-15-30(23)16-3-20-33-27-11-9-25(10-12-27)31-17-13-28(14-18-31)22-32(19-21-34-28)26-7-5-24(29)6-8-26/h5-12,23H,2-4,13-22H2,1H3/t23-/m1/s1. The zero-order valence-electron chi connectivity index (χ0n) is 20.4. The lowest BCUT2D eigenvalue weighted by molar-refractivity contribution is -0.0704. The second-order valence-corrected chi connectivity index (χ2v) is 10.6. The fourth-order valence-electron chi connectivity index (χ4n) is 5.73. The maximum absolute atomic E-state index is 6.37. The highest BCUT2D eigenvalue weighted by atomic mass is 35.5. The lowest BCUT2D eigenvalue weighted by Crippen LogP contribution is -2.57. The quantitative estimate of drug-likeness (QED) is 0.487. The van der Waals surface area contributed by atoms with Crippen molar-refractivity contribution < 1.29 is 9.47 Å². The van der Waals surface area contributed by atoms with E-state index in [0.717, 1.165) is 82.0 Å². The Kier molecular flexibility index (Phi) is 7.52. The number of likely N-dealkylation sites (tertiary alicyclic amines) is 1. The first-order valence-corrected chi connectivity index (χ1v) is 13.3. The second kappa shape index (κ2) is 10.8. The first-order valence-electron chi connectivity index (χ1n) is 13.0. The zero-order chi connectivity index (χ0) is 23.4. The number of halogens is 1. The smallest absolute Gasteiger partial charge is 0.119 e. The Balaban J connectivity index is 1.09. The van der Waals surface area contributed by atoms with Crippen molar-refractivity contribution in [3.63, 3.8) is 0 Å². The molecule has 2 aromatic rings. The largest absolute Gasteiger partial charge is 0.494 e. The Bertz CT molecular complexity index is 912. The lowest BCUT2D eigenvalue weighted by Gasteiger charge is -2.48. The summed E-state index contributed by atoms with van der Waals surface area (Å²) >= 11 is 6.08. The van der Waals surface area contributed by atoms with Gasteiger partial charge < -0.3 is 24.2 Å². The molecule has 0 aromatic heterocycles. The third kappa shape index (κ3) is 5.64. The van der Waals surface area contributed by atoms with Crippen LogP contribution < -0.4 is 14.5 Å². The lowest BCUT2D eigenvalue weighted by atomic mass is 9.89. The number of anilines is 2. The molecule has 0 radical (unpaired) electrons. The van der Waals surface area contributed by atoms with Gasteiger partial charge in [-0.1, -0.05) is 11.6 Å². The molecule has 0 unspecified atom stereocenters. The van der Waals surface area contributed by atoms with Gasteiger partial charge in [0.15, 0.2) is 0 Å². The zero-order valence-corrected chi connectivity index (χ0v) is 21.2. The van der Waals surface area contributed by atoms with Crippen molar-refractivity contribution >= 4 is 23.0 Å². The molecule has 0 saturated carbocycles. The third-order valence-electron chi connectivity index (χ3n) is 7.87. The number of rotatable bonds is 7. The summed E-state index contributed by atoms with van der Waals surface area (Å²) in [5.74, 6) is 0.973. The molecule has 6 heteroatoms. The normalized spacial score (nSPS) is 22.9. The highest BCUT2D eigenvalue weighted by Crippen LogP contribution is 2.34. The Morgan fingerprint density at radius 3 is 2.35 bits per heavy atom. The number of benzene rings is 2. The van der Waals surface area contributed by atoms with Gasteiger partial charge in [0.1, 0.15) is 5.75 Å². The highest BCUT2D eigenvalue weighted by Gasteiger charge is 2.40. The fourth-order valence-corrected chi connectivity index (χ4v) is 5.85. The van der Waals surface area contributed by atoms with E-state index in [1.165, 1.54) is 30.8 Å². The van der Waals surface area contributed by atoms with Gasteiger partial charge in [-0.25, -0.2) is 0 Å². The van der Waals surface area contributed by atoms with Crippen molar-refractivity contribution in [3.05, 3.63) is 53.6 Å². The van der Waals surface area contributed by atoms with Crippen LogP contribution in [0.15, 0.2) is 48.5 Å². The fraction of sp³-hybridized carbons (Fsp3) is 0.571. The molecule has 2 aromatic carbocycles. The molecular formula is C28H38ClN3O2. The van der Waals surface area contributed by atoms with Gasteiger partial charge in [-0.3, -0.25) is 0 Å². The van der Waals surface area contributed by atoms with E-state index in [2.05, 4.69) is 58.0 Å². The minimum Gasteiger partial charge on any atom is -0.494 e. The predicted octanol–water partition coefficient (Wildman–Crippen LogP) is 5.47. The summed E-state index contributed by atoms with van der Waals surface area (Å²) in [5, 5.41) is 0.785. The van der Waals surface area contributed by atoms with Gasteiger partial charge in [0.25, 0.3) is 0 Å². The average molecular weight is 484 g/mol. The van der Waals surface area contributed by atoms with Crippen molar-refractivity contribution in [2.75, 3.05) is 62.3 Å². The van der Waals surface area contributed by atoms with Gasteiger partial charge in [-0.15, -0.1) is 0 Å². The van der Waals surface area contributed by atoms with Crippen molar-refractivity contribution in [1.82, 2.24) is 4.90 Å². The molecule has 5 nitrogen and oxygen atoms in total. The Morgan fingerprint density at radius 2 is 1.65 bits per heavy atom. The molecule has 5 rings (SSSR count). The average Bonchev–Trinajstić information content (AvgIpc) is 3.28. The van der Waals surface area contributed by atoms with E-state index in [0.29, 0.717) is 0 Å². The van der Waals surface area contributed by atoms with E-state index in [1.54, 1.807) is 0 Å². The molecule has 1 spiro atoms. The monoisotopic (exact) mass is 483 g/mol. The molecule has 3 fully saturated rings. The summed E-state index contributed by atoms with van der Waals surface area (Å²) < 4.78 is 12.4. The third-order valence-corrected chi connectivity index (χ3v) is 8.12. The number of piperidine rings is 1. The summed E-state index contributed by atoms with van der Waals surface area (Å²) in [4.78, 5) is 7.51.